The van der Waals surface area contributed by atoms with E-state index in [0.29, 0.717) is 5.56 Å². The second-order valence-electron chi connectivity index (χ2n) is 11.8. The van der Waals surface area contributed by atoms with Crippen LogP contribution in [-0.2, 0) is 36.9 Å². The summed E-state index contributed by atoms with van der Waals surface area (Å²) < 4.78 is 12.4. The zero-order valence-electron chi connectivity index (χ0n) is 28.1. The summed E-state index contributed by atoms with van der Waals surface area (Å²) in [5, 5.41) is 30.6. The minimum Gasteiger partial charge on any atom is -0.496 e. The smallest absolute Gasteiger partial charge is 0.414 e. The second kappa shape index (κ2) is 18.7. The highest BCUT2D eigenvalue weighted by Crippen LogP contribution is 2.40. The molecule has 0 radical (unpaired) electrons. The number of ether oxygens (including phenoxy) is 2. The van der Waals surface area contributed by atoms with Crippen LogP contribution in [0.1, 0.15) is 39.9 Å². The van der Waals surface area contributed by atoms with E-state index in [-0.39, 0.29) is 5.78 Å². The van der Waals surface area contributed by atoms with Crippen LogP contribution in [0.3, 0.4) is 0 Å². The number of carboxylic acid groups (broad SMARTS) is 4. The first-order valence-electron chi connectivity index (χ1n) is 16.3. The van der Waals surface area contributed by atoms with E-state index < -0.39 is 23.9 Å². The van der Waals surface area contributed by atoms with Crippen molar-refractivity contribution in [2.75, 3.05) is 53.0 Å². The lowest BCUT2D eigenvalue weighted by atomic mass is 9.96. The van der Waals surface area contributed by atoms with E-state index in [1.54, 1.807) is 18.4 Å². The molecule has 2 aliphatic rings. The molecule has 3 heterocycles. The van der Waals surface area contributed by atoms with Crippen molar-refractivity contribution < 1.29 is 53.9 Å². The summed E-state index contributed by atoms with van der Waals surface area (Å²) in [5.41, 5.74) is 4.98. The lowest BCUT2D eigenvalue weighted by Crippen LogP contribution is -2.35. The van der Waals surface area contributed by atoms with Crippen LogP contribution in [0, 0.1) is 0 Å². The molecule has 6 rings (SSSR count). The largest absolute Gasteiger partial charge is 0.496 e. The van der Waals surface area contributed by atoms with Gasteiger partial charge in [-0.15, -0.1) is 11.3 Å². The van der Waals surface area contributed by atoms with E-state index in [1.165, 1.54) is 31.5 Å². The topological polar surface area (TPSA) is 191 Å². The number of carbonyl (C=O) groups is 5. The number of nitrogens with zero attached hydrogens (tertiary/aromatic N) is 2. The third-order valence-corrected chi connectivity index (χ3v) is 9.59. The van der Waals surface area contributed by atoms with Crippen molar-refractivity contribution in [3.8, 4) is 16.2 Å². The highest BCUT2D eigenvalue weighted by Gasteiger charge is 2.23. The summed E-state index contributed by atoms with van der Waals surface area (Å²) in [6, 6.07) is 23.0. The fraction of sp³-hybridized carbons (Fsp3) is 0.324. The molecule has 2 aliphatic heterocycles. The van der Waals surface area contributed by atoms with Gasteiger partial charge in [-0.1, -0.05) is 54.6 Å². The summed E-state index contributed by atoms with van der Waals surface area (Å²) >= 11 is 1.70. The van der Waals surface area contributed by atoms with Crippen molar-refractivity contribution in [2.24, 2.45) is 0 Å². The van der Waals surface area contributed by atoms with E-state index in [9.17, 15) is 4.79 Å². The number of fused-ring (bicyclic) bond motifs is 1. The highest BCUT2D eigenvalue weighted by atomic mass is 32.1. The Hall–Kier alpha value is -5.15. The lowest BCUT2D eigenvalue weighted by Gasteiger charge is -2.27. The Labute approximate surface area is 298 Å². The van der Waals surface area contributed by atoms with Crippen molar-refractivity contribution >= 4 is 51.1 Å². The molecule has 0 unspecified atom stereocenters. The Morgan fingerprint density at radius 3 is 1.96 bits per heavy atom. The molecule has 2 fully saturated rings. The summed E-state index contributed by atoms with van der Waals surface area (Å²) in [5.74, 6) is -6.50. The molecule has 270 valence electrons. The van der Waals surface area contributed by atoms with E-state index >= 15 is 0 Å². The van der Waals surface area contributed by atoms with Crippen LogP contribution < -0.4 is 4.74 Å². The highest BCUT2D eigenvalue weighted by molar-refractivity contribution is 7.22. The van der Waals surface area contributed by atoms with Gasteiger partial charge in [0.1, 0.15) is 5.75 Å². The Balaban J connectivity index is 0.000000420. The van der Waals surface area contributed by atoms with Gasteiger partial charge in [-0.05, 0) is 55.6 Å². The van der Waals surface area contributed by atoms with Crippen LogP contribution in [0.2, 0.25) is 0 Å². The molecule has 0 aliphatic carbocycles. The molecule has 0 spiro atoms. The zero-order chi connectivity index (χ0) is 36.9. The van der Waals surface area contributed by atoms with Gasteiger partial charge >= 0.3 is 23.9 Å². The van der Waals surface area contributed by atoms with E-state index in [2.05, 4.69) is 46.2 Å². The molecule has 0 saturated carbocycles. The molecule has 4 aromatic rings. The molecule has 2 saturated heterocycles. The number of carbonyl (C=O) groups excluding carboxylic acids is 1. The first-order chi connectivity index (χ1) is 24.5. The molecule has 13 nitrogen and oxygen atoms in total. The van der Waals surface area contributed by atoms with Gasteiger partial charge in [-0.2, -0.15) is 0 Å². The first kappa shape index (κ1) is 38.6. The predicted octanol–water partition coefficient (Wildman–Crippen LogP) is 4.59. The summed E-state index contributed by atoms with van der Waals surface area (Å²) in [4.78, 5) is 56.5. The summed E-state index contributed by atoms with van der Waals surface area (Å²) in [6.45, 7) is 7.69. The number of likely N-dealkylation sites (tertiary alicyclic amines) is 1. The van der Waals surface area contributed by atoms with Crippen molar-refractivity contribution in [1.29, 1.82) is 0 Å². The molecule has 0 amide bonds. The third kappa shape index (κ3) is 10.9. The molecule has 1 aromatic heterocycles. The minimum absolute atomic E-state index is 0.0387. The van der Waals surface area contributed by atoms with Gasteiger partial charge in [0.25, 0.3) is 0 Å². The van der Waals surface area contributed by atoms with Crippen LogP contribution in [0.5, 0.6) is 5.75 Å². The number of hydrogen-bond acceptors (Lipinski definition) is 10. The normalized spacial score (nSPS) is 14.5. The average Bonchev–Trinajstić information content (AvgIpc) is 3.80. The molecular weight excluding hydrogens is 680 g/mol. The van der Waals surface area contributed by atoms with Crippen molar-refractivity contribution in [1.82, 2.24) is 9.80 Å². The lowest BCUT2D eigenvalue weighted by molar-refractivity contribution is -0.159. The molecular formula is C37H40N2O11S. The zero-order valence-corrected chi connectivity index (χ0v) is 28.9. The Kier molecular flexibility index (Phi) is 14.2. The number of aliphatic carboxylic acids is 4. The predicted molar refractivity (Wildman–Crippen MR) is 190 cm³/mol. The van der Waals surface area contributed by atoms with Gasteiger partial charge in [0, 0.05) is 57.8 Å². The minimum atomic E-state index is -1.82. The molecule has 4 N–H and O–H groups in total. The third-order valence-electron chi connectivity index (χ3n) is 8.37. The van der Waals surface area contributed by atoms with Crippen LogP contribution in [0.4, 0.5) is 0 Å². The number of methoxy groups -OCH3 is 1. The number of morpholine rings is 1. The standard InChI is InChI=1S/C33H36N2O3S.2C2H2O4/c1-37-29-22-26(12-13-27(29)23-35-18-20-38-21-19-35)32(36)31-28-6-2-3-7-30(28)39-33(31)25-10-8-24(9-11-25)14-17-34-15-4-5-16-34;2*3-1(4)2(5)6/h2-3,6-13,22H,4-5,14-21,23H2,1H3;2*(H,3,4)(H,5,6). The number of rotatable bonds is 9. The molecule has 0 atom stereocenters. The van der Waals surface area contributed by atoms with Gasteiger partial charge in [-0.25, -0.2) is 19.2 Å². The number of hydrogen-bond donors (Lipinski definition) is 4. The van der Waals surface area contributed by atoms with Gasteiger partial charge in [0.05, 0.1) is 20.3 Å². The number of ketones is 1. The van der Waals surface area contributed by atoms with E-state index in [0.717, 1.165) is 83.2 Å². The fourth-order valence-electron chi connectivity index (χ4n) is 5.75. The summed E-state index contributed by atoms with van der Waals surface area (Å²) in [6.07, 6.45) is 3.71. The second-order valence-corrected chi connectivity index (χ2v) is 12.8. The van der Waals surface area contributed by atoms with Gasteiger partial charge in [0.2, 0.25) is 0 Å². The molecule has 0 bridgehead atoms. The Morgan fingerprint density at radius 1 is 0.765 bits per heavy atom. The van der Waals surface area contributed by atoms with Gasteiger partial charge in [-0.3, -0.25) is 9.69 Å². The maximum Gasteiger partial charge on any atom is 0.414 e. The van der Waals surface area contributed by atoms with Crippen LogP contribution in [-0.4, -0.2) is 113 Å². The van der Waals surface area contributed by atoms with Gasteiger partial charge < -0.3 is 34.8 Å². The van der Waals surface area contributed by atoms with Crippen molar-refractivity contribution in [3.63, 3.8) is 0 Å². The molecule has 3 aromatic carbocycles. The fourth-order valence-corrected chi connectivity index (χ4v) is 6.96. The van der Waals surface area contributed by atoms with Crippen molar-refractivity contribution in [2.45, 2.75) is 25.8 Å². The summed E-state index contributed by atoms with van der Waals surface area (Å²) in [7, 11) is 1.68. The first-order valence-corrected chi connectivity index (χ1v) is 17.1. The Morgan fingerprint density at radius 2 is 1.37 bits per heavy atom. The number of thiophene rings is 1. The molecule has 14 heteroatoms. The number of benzene rings is 3. The van der Waals surface area contributed by atoms with Crippen LogP contribution >= 0.6 is 11.3 Å². The maximum absolute atomic E-state index is 14.1. The van der Waals surface area contributed by atoms with E-state index in [4.69, 9.17) is 49.1 Å². The SMILES string of the molecule is COc1cc(C(=O)c2c(-c3ccc(CCN4CCCC4)cc3)sc3ccccc23)ccc1CN1CCOCC1.O=C(O)C(=O)O.O=C(O)C(=O)O. The van der Waals surface area contributed by atoms with Crippen LogP contribution in [0.15, 0.2) is 66.7 Å². The van der Waals surface area contributed by atoms with Crippen molar-refractivity contribution in [3.05, 3.63) is 89.0 Å². The maximum atomic E-state index is 14.1. The monoisotopic (exact) mass is 720 g/mol. The van der Waals surface area contributed by atoms with Gasteiger partial charge in [0.15, 0.2) is 5.78 Å². The molecule has 51 heavy (non-hydrogen) atoms. The average molecular weight is 721 g/mol. The number of carboxylic acids is 4. The van der Waals surface area contributed by atoms with Crippen LogP contribution in [0.25, 0.3) is 20.5 Å². The van der Waals surface area contributed by atoms with E-state index in [1.807, 2.05) is 30.3 Å². The Bertz CT molecular complexity index is 1800. The quantitative estimate of drug-likeness (QED) is 0.139.